The molecule has 3 N–H and O–H groups in total. The van der Waals surface area contributed by atoms with Gasteiger partial charge in [0.15, 0.2) is 5.78 Å². The van der Waals surface area contributed by atoms with E-state index in [2.05, 4.69) is 0 Å². The summed E-state index contributed by atoms with van der Waals surface area (Å²) >= 11 is 0. The Morgan fingerprint density at radius 3 is 2.20 bits per heavy atom. The SMILES string of the molecule is Cc1c(O)cc(C(=O)Cc2ccc(O)cc2)c(O)c1C. The summed E-state index contributed by atoms with van der Waals surface area (Å²) in [4.78, 5) is 12.2. The Balaban J connectivity index is 2.32. The van der Waals surface area contributed by atoms with Gasteiger partial charge < -0.3 is 15.3 Å². The van der Waals surface area contributed by atoms with Crippen LogP contribution in [0.1, 0.15) is 27.0 Å². The minimum atomic E-state index is -0.286. The van der Waals surface area contributed by atoms with Crippen molar-refractivity contribution in [3.63, 3.8) is 0 Å². The van der Waals surface area contributed by atoms with Gasteiger partial charge >= 0.3 is 0 Å². The van der Waals surface area contributed by atoms with Gasteiger partial charge in [-0.2, -0.15) is 0 Å². The molecular formula is C16H16O4. The topological polar surface area (TPSA) is 77.8 Å². The van der Waals surface area contributed by atoms with Gasteiger partial charge in [-0.15, -0.1) is 0 Å². The molecular weight excluding hydrogens is 256 g/mol. The summed E-state index contributed by atoms with van der Waals surface area (Å²) in [5.74, 6) is -0.252. The lowest BCUT2D eigenvalue weighted by Crippen LogP contribution is -2.05. The molecule has 0 saturated carbocycles. The predicted molar refractivity (Wildman–Crippen MR) is 75.4 cm³/mol. The quantitative estimate of drug-likeness (QED) is 0.593. The number of aromatic hydroxyl groups is 3. The maximum Gasteiger partial charge on any atom is 0.171 e. The highest BCUT2D eigenvalue weighted by molar-refractivity contribution is 6.00. The Labute approximate surface area is 116 Å². The van der Waals surface area contributed by atoms with Gasteiger partial charge in [-0.25, -0.2) is 0 Å². The van der Waals surface area contributed by atoms with Gasteiger partial charge in [0.25, 0.3) is 0 Å². The molecule has 20 heavy (non-hydrogen) atoms. The number of ketones is 1. The maximum atomic E-state index is 12.2. The number of rotatable bonds is 3. The third-order valence-corrected chi connectivity index (χ3v) is 3.44. The first-order chi connectivity index (χ1) is 9.40. The normalized spacial score (nSPS) is 10.5. The van der Waals surface area contributed by atoms with Crippen LogP contribution in [0.4, 0.5) is 0 Å². The highest BCUT2D eigenvalue weighted by atomic mass is 16.3. The average Bonchev–Trinajstić information content (AvgIpc) is 2.43. The van der Waals surface area contributed by atoms with E-state index in [4.69, 9.17) is 0 Å². The van der Waals surface area contributed by atoms with Crippen molar-refractivity contribution >= 4 is 5.78 Å². The summed E-state index contributed by atoms with van der Waals surface area (Å²) in [6.07, 6.45) is 0.0930. The second kappa shape index (κ2) is 5.25. The largest absolute Gasteiger partial charge is 0.508 e. The van der Waals surface area contributed by atoms with Crippen LogP contribution in [0, 0.1) is 13.8 Å². The van der Waals surface area contributed by atoms with Crippen molar-refractivity contribution in [1.82, 2.24) is 0 Å². The highest BCUT2D eigenvalue weighted by Crippen LogP contribution is 2.32. The smallest absolute Gasteiger partial charge is 0.171 e. The lowest BCUT2D eigenvalue weighted by Gasteiger charge is -2.11. The van der Waals surface area contributed by atoms with Crippen LogP contribution < -0.4 is 0 Å². The van der Waals surface area contributed by atoms with Crippen molar-refractivity contribution in [1.29, 1.82) is 0 Å². The monoisotopic (exact) mass is 272 g/mol. The fraction of sp³-hybridized carbons (Fsp3) is 0.188. The molecule has 0 bridgehead atoms. The molecule has 2 aromatic carbocycles. The van der Waals surface area contributed by atoms with Crippen molar-refractivity contribution < 1.29 is 20.1 Å². The molecule has 0 spiro atoms. The summed E-state index contributed by atoms with van der Waals surface area (Å²) in [6.45, 7) is 3.33. The molecule has 0 unspecified atom stereocenters. The Bertz CT molecular complexity index is 657. The van der Waals surface area contributed by atoms with Crippen molar-refractivity contribution in [3.05, 3.63) is 52.6 Å². The van der Waals surface area contributed by atoms with Crippen molar-refractivity contribution in [2.75, 3.05) is 0 Å². The molecule has 0 atom stereocenters. The maximum absolute atomic E-state index is 12.2. The minimum Gasteiger partial charge on any atom is -0.508 e. The molecule has 0 amide bonds. The summed E-state index contributed by atoms with van der Waals surface area (Å²) in [6, 6.07) is 7.58. The van der Waals surface area contributed by atoms with Gasteiger partial charge in [-0.1, -0.05) is 12.1 Å². The fourth-order valence-corrected chi connectivity index (χ4v) is 1.99. The van der Waals surface area contributed by atoms with Gasteiger partial charge in [-0.05, 0) is 48.7 Å². The molecule has 0 saturated heterocycles. The van der Waals surface area contributed by atoms with E-state index in [0.717, 1.165) is 5.56 Å². The average molecular weight is 272 g/mol. The van der Waals surface area contributed by atoms with Crippen LogP contribution in [0.15, 0.2) is 30.3 Å². The highest BCUT2D eigenvalue weighted by Gasteiger charge is 2.17. The van der Waals surface area contributed by atoms with E-state index < -0.39 is 0 Å². The first-order valence-corrected chi connectivity index (χ1v) is 6.23. The fourth-order valence-electron chi connectivity index (χ4n) is 1.99. The van der Waals surface area contributed by atoms with E-state index >= 15 is 0 Å². The van der Waals surface area contributed by atoms with E-state index in [-0.39, 0.29) is 35.0 Å². The second-order valence-corrected chi connectivity index (χ2v) is 4.81. The van der Waals surface area contributed by atoms with Gasteiger partial charge in [-0.3, -0.25) is 4.79 Å². The van der Waals surface area contributed by atoms with E-state index in [1.54, 1.807) is 26.0 Å². The number of carbonyl (C=O) groups excluding carboxylic acids is 1. The van der Waals surface area contributed by atoms with Crippen molar-refractivity contribution in [3.8, 4) is 17.2 Å². The standard InChI is InChI=1S/C16H16O4/c1-9-10(2)16(20)13(8-14(9)18)15(19)7-11-3-5-12(17)6-4-11/h3-6,8,17-18,20H,7H2,1-2H3. The summed E-state index contributed by atoms with van der Waals surface area (Å²) in [5, 5.41) is 29.0. The third-order valence-electron chi connectivity index (χ3n) is 3.44. The van der Waals surface area contributed by atoms with Crippen molar-refractivity contribution in [2.45, 2.75) is 20.3 Å². The first-order valence-electron chi connectivity index (χ1n) is 6.23. The van der Waals surface area contributed by atoms with E-state index in [1.165, 1.54) is 18.2 Å². The molecule has 0 aliphatic carbocycles. The van der Waals surface area contributed by atoms with E-state index in [1.807, 2.05) is 0 Å². The van der Waals surface area contributed by atoms with Gasteiger partial charge in [0.1, 0.15) is 17.2 Å². The summed E-state index contributed by atoms with van der Waals surface area (Å²) in [5.41, 5.74) is 1.89. The Morgan fingerprint density at radius 1 is 1.00 bits per heavy atom. The summed E-state index contributed by atoms with van der Waals surface area (Å²) < 4.78 is 0. The summed E-state index contributed by atoms with van der Waals surface area (Å²) in [7, 11) is 0. The molecule has 0 radical (unpaired) electrons. The minimum absolute atomic E-state index is 0.00523. The van der Waals surface area contributed by atoms with E-state index in [9.17, 15) is 20.1 Å². The molecule has 0 aromatic heterocycles. The number of carbonyl (C=O) groups is 1. The van der Waals surface area contributed by atoms with Crippen LogP contribution in [0.25, 0.3) is 0 Å². The van der Waals surface area contributed by atoms with Crippen LogP contribution in [0.5, 0.6) is 17.2 Å². The molecule has 4 heteroatoms. The Morgan fingerprint density at radius 2 is 1.60 bits per heavy atom. The van der Waals surface area contributed by atoms with Crippen molar-refractivity contribution in [2.24, 2.45) is 0 Å². The lowest BCUT2D eigenvalue weighted by atomic mass is 9.97. The van der Waals surface area contributed by atoms with Crippen LogP contribution in [0.3, 0.4) is 0 Å². The molecule has 104 valence electrons. The number of hydrogen-bond donors (Lipinski definition) is 3. The Kier molecular flexibility index (Phi) is 3.66. The third kappa shape index (κ3) is 2.59. The molecule has 0 heterocycles. The molecule has 2 aromatic rings. The zero-order valence-electron chi connectivity index (χ0n) is 11.3. The van der Waals surface area contributed by atoms with Gasteiger partial charge in [0, 0.05) is 6.42 Å². The molecule has 0 fully saturated rings. The van der Waals surface area contributed by atoms with Crippen LogP contribution in [-0.4, -0.2) is 21.1 Å². The number of hydrogen-bond acceptors (Lipinski definition) is 4. The zero-order valence-corrected chi connectivity index (χ0v) is 11.3. The predicted octanol–water partition coefficient (Wildman–Crippen LogP) is 2.85. The number of Topliss-reactive ketones (excluding diaryl/α,β-unsaturated/α-hetero) is 1. The molecule has 2 rings (SSSR count). The second-order valence-electron chi connectivity index (χ2n) is 4.81. The van der Waals surface area contributed by atoms with E-state index in [0.29, 0.717) is 11.1 Å². The van der Waals surface area contributed by atoms with Crippen LogP contribution in [0.2, 0.25) is 0 Å². The lowest BCUT2D eigenvalue weighted by molar-refractivity contribution is 0.0990. The molecule has 0 aliphatic heterocycles. The number of phenols is 3. The van der Waals surface area contributed by atoms with Gasteiger partial charge in [0.05, 0.1) is 5.56 Å². The molecule has 0 aliphatic rings. The van der Waals surface area contributed by atoms with Crippen LogP contribution >= 0.6 is 0 Å². The number of benzene rings is 2. The Hall–Kier alpha value is -2.49. The van der Waals surface area contributed by atoms with Gasteiger partial charge in [0.2, 0.25) is 0 Å². The zero-order chi connectivity index (χ0) is 14.9. The first kappa shape index (κ1) is 13.9. The number of phenolic OH excluding ortho intramolecular Hbond substituents is 3. The molecule has 4 nitrogen and oxygen atoms in total. The van der Waals surface area contributed by atoms with Crippen LogP contribution in [-0.2, 0) is 6.42 Å².